The van der Waals surface area contributed by atoms with Gasteiger partial charge < -0.3 is 23.7 Å². The molecule has 222 valence electrons. The van der Waals surface area contributed by atoms with Gasteiger partial charge in [0.25, 0.3) is 0 Å². The van der Waals surface area contributed by atoms with Crippen LogP contribution in [-0.4, -0.2) is 44.0 Å². The number of allylic oxidation sites excluding steroid dienone is 1. The van der Waals surface area contributed by atoms with Crippen LogP contribution in [0, 0.1) is 0 Å². The van der Waals surface area contributed by atoms with Crippen molar-refractivity contribution in [3.8, 4) is 16.9 Å². The smallest absolute Gasteiger partial charge is 0.338 e. The maximum absolute atomic E-state index is 12.3. The third-order valence-electron chi connectivity index (χ3n) is 6.87. The second kappa shape index (κ2) is 16.5. The van der Waals surface area contributed by atoms with E-state index in [1.165, 1.54) is 18.4 Å². The summed E-state index contributed by atoms with van der Waals surface area (Å²) < 4.78 is 27.6. The molecule has 0 bridgehead atoms. The van der Waals surface area contributed by atoms with Crippen LogP contribution in [-0.2, 0) is 28.5 Å². The van der Waals surface area contributed by atoms with E-state index in [0.29, 0.717) is 12.2 Å². The van der Waals surface area contributed by atoms with Gasteiger partial charge in [0.1, 0.15) is 5.75 Å². The molecule has 0 radical (unpaired) electrons. The molecular weight excluding hydrogens is 532 g/mol. The molecule has 0 unspecified atom stereocenters. The van der Waals surface area contributed by atoms with Crippen LogP contribution >= 0.6 is 0 Å². The topological polar surface area (TPSA) is 80.3 Å². The zero-order chi connectivity index (χ0) is 29.6. The van der Waals surface area contributed by atoms with Gasteiger partial charge in [-0.3, -0.25) is 0 Å². The van der Waals surface area contributed by atoms with Gasteiger partial charge >= 0.3 is 11.9 Å². The van der Waals surface area contributed by atoms with Crippen LogP contribution in [0.4, 0.5) is 0 Å². The molecule has 42 heavy (non-hydrogen) atoms. The van der Waals surface area contributed by atoms with Crippen LogP contribution in [0.1, 0.15) is 63.4 Å². The fraction of sp³-hybridized carbons (Fsp3) is 0.371. The molecule has 0 saturated carbocycles. The zero-order valence-corrected chi connectivity index (χ0v) is 24.4. The van der Waals surface area contributed by atoms with Crippen molar-refractivity contribution >= 4 is 18.0 Å². The predicted octanol–water partition coefficient (Wildman–Crippen LogP) is 7.31. The van der Waals surface area contributed by atoms with Crippen LogP contribution in [0.5, 0.6) is 5.75 Å². The van der Waals surface area contributed by atoms with E-state index >= 15 is 0 Å². The van der Waals surface area contributed by atoms with Crippen molar-refractivity contribution in [3.05, 3.63) is 96.1 Å². The highest BCUT2D eigenvalue weighted by Gasteiger charge is 2.47. The Labute approximate surface area is 248 Å². The summed E-state index contributed by atoms with van der Waals surface area (Å²) >= 11 is 0. The fourth-order valence-corrected chi connectivity index (χ4v) is 4.67. The lowest BCUT2D eigenvalue weighted by Gasteiger charge is -2.13. The molecule has 2 atom stereocenters. The summed E-state index contributed by atoms with van der Waals surface area (Å²) in [6.07, 6.45) is 6.86. The molecule has 0 N–H and O–H groups in total. The van der Waals surface area contributed by atoms with Gasteiger partial charge in [0, 0.05) is 5.56 Å². The first kappa shape index (κ1) is 31.0. The van der Waals surface area contributed by atoms with Crippen LogP contribution < -0.4 is 4.74 Å². The average Bonchev–Trinajstić information content (AvgIpc) is 3.48. The van der Waals surface area contributed by atoms with Gasteiger partial charge in [0.05, 0.1) is 19.8 Å². The summed E-state index contributed by atoms with van der Waals surface area (Å²) in [5.41, 5.74) is 3.98. The minimum atomic E-state index is -1.18. The largest absolute Gasteiger partial charge is 0.494 e. The van der Waals surface area contributed by atoms with Crippen LogP contribution in [0.25, 0.3) is 17.2 Å². The molecule has 1 aliphatic heterocycles. The van der Waals surface area contributed by atoms with E-state index in [-0.39, 0.29) is 13.2 Å². The normalized spacial score (nSPS) is 16.9. The summed E-state index contributed by atoms with van der Waals surface area (Å²) in [4.78, 5) is 24.7. The SMILES string of the molecule is CCOC(=O)[C@@H]1OC(c2ccc(-c3ccc(OCCCCCCC=Cc4ccccc4)cc3)cc2)O[C@H]1C(=O)OCC. The van der Waals surface area contributed by atoms with Crippen molar-refractivity contribution in [1.29, 1.82) is 0 Å². The maximum Gasteiger partial charge on any atom is 0.338 e. The number of benzene rings is 3. The number of unbranched alkanes of at least 4 members (excludes halogenated alkanes) is 4. The van der Waals surface area contributed by atoms with E-state index in [1.807, 2.05) is 54.6 Å². The Morgan fingerprint density at radius 2 is 1.29 bits per heavy atom. The summed E-state index contributed by atoms with van der Waals surface area (Å²) in [6, 6.07) is 26.0. The Hall–Kier alpha value is -3.94. The highest BCUT2D eigenvalue weighted by molar-refractivity contribution is 5.86. The summed E-state index contributed by atoms with van der Waals surface area (Å²) in [5, 5.41) is 0. The number of carbonyl (C=O) groups is 2. The van der Waals surface area contributed by atoms with Gasteiger partial charge in [0.2, 0.25) is 0 Å². The lowest BCUT2D eigenvalue weighted by molar-refractivity contribution is -0.163. The van der Waals surface area contributed by atoms with E-state index in [4.69, 9.17) is 23.7 Å². The predicted molar refractivity (Wildman–Crippen MR) is 162 cm³/mol. The third-order valence-corrected chi connectivity index (χ3v) is 6.87. The fourth-order valence-electron chi connectivity index (χ4n) is 4.67. The lowest BCUT2D eigenvalue weighted by atomic mass is 10.0. The highest BCUT2D eigenvalue weighted by Crippen LogP contribution is 2.34. The second-order valence-corrected chi connectivity index (χ2v) is 9.96. The molecule has 1 heterocycles. The first-order valence-corrected chi connectivity index (χ1v) is 14.8. The first-order valence-electron chi connectivity index (χ1n) is 14.8. The molecule has 1 fully saturated rings. The van der Waals surface area contributed by atoms with Crippen molar-refractivity contribution < 1.29 is 33.3 Å². The molecule has 7 heteroatoms. The summed E-state index contributed by atoms with van der Waals surface area (Å²) in [5.74, 6) is -0.447. The number of carbonyl (C=O) groups excluding carboxylic acids is 2. The van der Waals surface area contributed by atoms with Gasteiger partial charge in [0.15, 0.2) is 18.5 Å². The van der Waals surface area contributed by atoms with Crippen LogP contribution in [0.2, 0.25) is 0 Å². The molecule has 1 saturated heterocycles. The molecule has 7 nitrogen and oxygen atoms in total. The lowest BCUT2D eigenvalue weighted by Crippen LogP contribution is -2.39. The Morgan fingerprint density at radius 3 is 1.88 bits per heavy atom. The van der Waals surface area contributed by atoms with Crippen molar-refractivity contribution in [1.82, 2.24) is 0 Å². The molecular formula is C35H40O7. The van der Waals surface area contributed by atoms with Crippen LogP contribution in [0.3, 0.4) is 0 Å². The van der Waals surface area contributed by atoms with Crippen molar-refractivity contribution in [2.45, 2.75) is 64.4 Å². The Bertz CT molecular complexity index is 1240. The number of hydrogen-bond acceptors (Lipinski definition) is 7. The molecule has 4 rings (SSSR count). The minimum Gasteiger partial charge on any atom is -0.494 e. The highest BCUT2D eigenvalue weighted by atomic mass is 16.8. The van der Waals surface area contributed by atoms with Crippen molar-refractivity contribution in [2.24, 2.45) is 0 Å². The molecule has 0 spiro atoms. The van der Waals surface area contributed by atoms with Gasteiger partial charge in [-0.2, -0.15) is 0 Å². The van der Waals surface area contributed by atoms with Crippen molar-refractivity contribution in [2.75, 3.05) is 19.8 Å². The van der Waals surface area contributed by atoms with E-state index in [0.717, 1.165) is 36.1 Å². The third kappa shape index (κ3) is 9.03. The molecule has 3 aromatic rings. The zero-order valence-electron chi connectivity index (χ0n) is 24.4. The van der Waals surface area contributed by atoms with Gasteiger partial charge in [-0.05, 0) is 61.9 Å². The Balaban J connectivity index is 1.20. The van der Waals surface area contributed by atoms with E-state index in [2.05, 4.69) is 36.4 Å². The molecule has 1 aliphatic rings. The molecule has 0 amide bonds. The Morgan fingerprint density at radius 1 is 0.714 bits per heavy atom. The molecule has 3 aromatic carbocycles. The van der Waals surface area contributed by atoms with Gasteiger partial charge in [-0.25, -0.2) is 9.59 Å². The quantitative estimate of drug-likeness (QED) is 0.140. The maximum atomic E-state index is 12.3. The molecule has 0 aromatic heterocycles. The number of hydrogen-bond donors (Lipinski definition) is 0. The van der Waals surface area contributed by atoms with Gasteiger partial charge in [-0.1, -0.05) is 91.7 Å². The standard InChI is InChI=1S/C35H40O7/c1-3-38-33(36)31-32(34(37)39-4-2)42-35(41-31)29-19-17-27(18-20-29)28-21-23-30(24-22-28)40-25-13-8-6-5-7-10-14-26-15-11-9-12-16-26/h9-12,14-24,31-32,35H,3-8,13,25H2,1-2H3/t31-,32-/m1/s1. The van der Waals surface area contributed by atoms with E-state index < -0.39 is 30.4 Å². The number of esters is 2. The van der Waals surface area contributed by atoms with E-state index in [9.17, 15) is 9.59 Å². The van der Waals surface area contributed by atoms with E-state index in [1.54, 1.807) is 13.8 Å². The van der Waals surface area contributed by atoms with Crippen LogP contribution in [0.15, 0.2) is 84.9 Å². The second-order valence-electron chi connectivity index (χ2n) is 9.96. The summed E-state index contributed by atoms with van der Waals surface area (Å²) in [6.45, 7) is 4.43. The van der Waals surface area contributed by atoms with Gasteiger partial charge in [-0.15, -0.1) is 0 Å². The number of ether oxygens (including phenoxy) is 5. The molecule has 0 aliphatic carbocycles. The number of rotatable bonds is 15. The summed E-state index contributed by atoms with van der Waals surface area (Å²) in [7, 11) is 0. The monoisotopic (exact) mass is 572 g/mol. The Kier molecular flexibility index (Phi) is 12.2. The average molecular weight is 573 g/mol. The van der Waals surface area contributed by atoms with Crippen molar-refractivity contribution in [3.63, 3.8) is 0 Å². The minimum absolute atomic E-state index is 0.172. The first-order chi connectivity index (χ1) is 20.6.